The maximum atomic E-state index is 10.6. The third-order valence-corrected chi connectivity index (χ3v) is 3.08. The van der Waals surface area contributed by atoms with E-state index in [4.69, 9.17) is 26.2 Å². The van der Waals surface area contributed by atoms with Gasteiger partial charge in [0.1, 0.15) is 13.2 Å². The smallest absolute Gasteiger partial charge is 0.303 e. The van der Waals surface area contributed by atoms with Gasteiger partial charge in [-0.05, 0) is 24.5 Å². The molecule has 0 amide bonds. The van der Waals surface area contributed by atoms with Crippen molar-refractivity contribution in [3.63, 3.8) is 0 Å². The molecule has 0 bridgehead atoms. The lowest BCUT2D eigenvalue weighted by Gasteiger charge is -2.22. The molecule has 17 heavy (non-hydrogen) atoms. The van der Waals surface area contributed by atoms with Crippen LogP contribution in [0.4, 0.5) is 0 Å². The quantitative estimate of drug-likeness (QED) is 0.903. The fraction of sp³-hybridized carbons (Fsp3) is 0.417. The summed E-state index contributed by atoms with van der Waals surface area (Å²) in [5.74, 6) is 0.481. The molecular formula is C12H13ClO4. The van der Waals surface area contributed by atoms with Gasteiger partial charge in [0.2, 0.25) is 0 Å². The molecule has 0 aromatic heterocycles. The zero-order valence-corrected chi connectivity index (χ0v) is 10.2. The van der Waals surface area contributed by atoms with E-state index in [1.165, 1.54) is 0 Å². The van der Waals surface area contributed by atoms with Gasteiger partial charge in [0.05, 0.1) is 0 Å². The summed E-state index contributed by atoms with van der Waals surface area (Å²) in [6.45, 7) is 2.89. The van der Waals surface area contributed by atoms with Gasteiger partial charge in [0, 0.05) is 17.5 Å². The highest BCUT2D eigenvalue weighted by atomic mass is 35.5. The van der Waals surface area contributed by atoms with E-state index in [2.05, 4.69) is 0 Å². The molecule has 4 nitrogen and oxygen atoms in total. The molecule has 1 heterocycles. The van der Waals surface area contributed by atoms with Gasteiger partial charge < -0.3 is 14.6 Å². The summed E-state index contributed by atoms with van der Waals surface area (Å²) in [7, 11) is 0. The second kappa shape index (κ2) is 4.84. The van der Waals surface area contributed by atoms with Crippen LogP contribution in [0.15, 0.2) is 6.07 Å². The minimum atomic E-state index is -0.838. The van der Waals surface area contributed by atoms with Crippen LogP contribution in [0.3, 0.4) is 0 Å². The Morgan fingerprint density at radius 1 is 1.47 bits per heavy atom. The van der Waals surface area contributed by atoms with Crippen LogP contribution in [0, 0.1) is 6.92 Å². The van der Waals surface area contributed by atoms with Crippen molar-refractivity contribution in [2.45, 2.75) is 19.8 Å². The first-order chi connectivity index (χ1) is 8.09. The number of fused-ring (bicyclic) bond motifs is 1. The zero-order chi connectivity index (χ0) is 12.4. The monoisotopic (exact) mass is 256 g/mol. The molecule has 0 unspecified atom stereocenters. The zero-order valence-electron chi connectivity index (χ0n) is 9.46. The van der Waals surface area contributed by atoms with Gasteiger partial charge in [0.15, 0.2) is 11.5 Å². The predicted octanol–water partition coefficient (Wildman–Crippen LogP) is 2.44. The number of ether oxygens (including phenoxy) is 2. The first kappa shape index (κ1) is 12.0. The average Bonchev–Trinajstić information content (AvgIpc) is 2.28. The maximum absolute atomic E-state index is 10.6. The number of hydrogen-bond acceptors (Lipinski definition) is 3. The van der Waals surface area contributed by atoms with Crippen LogP contribution in [0.25, 0.3) is 0 Å². The molecule has 1 aromatic rings. The van der Waals surface area contributed by atoms with Crippen molar-refractivity contribution >= 4 is 17.6 Å². The van der Waals surface area contributed by atoms with E-state index in [-0.39, 0.29) is 6.42 Å². The lowest BCUT2D eigenvalue weighted by Crippen LogP contribution is -2.17. The molecule has 1 aliphatic rings. The van der Waals surface area contributed by atoms with Gasteiger partial charge in [-0.25, -0.2) is 0 Å². The van der Waals surface area contributed by atoms with Crippen molar-refractivity contribution in [3.05, 3.63) is 22.2 Å². The molecule has 0 aliphatic carbocycles. The number of carboxylic acids is 1. The largest absolute Gasteiger partial charge is 0.486 e. The molecule has 0 spiro atoms. The SMILES string of the molecule is Cc1c(CCC(=O)O)c(Cl)cc2c1OCCO2. The number of carbonyl (C=O) groups is 1. The lowest BCUT2D eigenvalue weighted by atomic mass is 10.0. The summed E-state index contributed by atoms with van der Waals surface area (Å²) in [6.07, 6.45) is 0.455. The van der Waals surface area contributed by atoms with Crippen molar-refractivity contribution in [2.24, 2.45) is 0 Å². The van der Waals surface area contributed by atoms with Crippen molar-refractivity contribution in [3.8, 4) is 11.5 Å². The molecule has 0 saturated heterocycles. The molecule has 0 saturated carbocycles. The normalized spacial score (nSPS) is 13.5. The molecule has 0 fully saturated rings. The predicted molar refractivity (Wildman–Crippen MR) is 63.1 cm³/mol. The van der Waals surface area contributed by atoms with E-state index in [0.717, 1.165) is 11.1 Å². The third kappa shape index (κ3) is 2.47. The highest BCUT2D eigenvalue weighted by molar-refractivity contribution is 6.31. The van der Waals surface area contributed by atoms with Gasteiger partial charge in [-0.1, -0.05) is 11.6 Å². The molecule has 5 heteroatoms. The Morgan fingerprint density at radius 2 is 2.18 bits per heavy atom. The summed E-state index contributed by atoms with van der Waals surface area (Å²) in [6, 6.07) is 1.69. The first-order valence-electron chi connectivity index (χ1n) is 5.39. The number of aliphatic carboxylic acids is 1. The molecule has 0 atom stereocenters. The van der Waals surface area contributed by atoms with Gasteiger partial charge >= 0.3 is 5.97 Å². The molecule has 0 radical (unpaired) electrons. The molecule has 92 valence electrons. The summed E-state index contributed by atoms with van der Waals surface area (Å²) < 4.78 is 11.0. The number of halogens is 1. The first-order valence-corrected chi connectivity index (χ1v) is 5.76. The van der Waals surface area contributed by atoms with E-state index in [1.807, 2.05) is 6.92 Å². The number of rotatable bonds is 3. The number of hydrogen-bond donors (Lipinski definition) is 1. The van der Waals surface area contributed by atoms with Crippen molar-refractivity contribution < 1.29 is 19.4 Å². The van der Waals surface area contributed by atoms with Crippen LogP contribution in [-0.4, -0.2) is 24.3 Å². The Hall–Kier alpha value is -1.42. The molecule has 1 aliphatic heterocycles. The Kier molecular flexibility index (Phi) is 3.43. The lowest BCUT2D eigenvalue weighted by molar-refractivity contribution is -0.136. The average molecular weight is 257 g/mol. The second-order valence-corrected chi connectivity index (χ2v) is 4.29. The molecule has 1 N–H and O–H groups in total. The molecular weight excluding hydrogens is 244 g/mol. The van der Waals surface area contributed by atoms with E-state index >= 15 is 0 Å². The van der Waals surface area contributed by atoms with Crippen LogP contribution in [0.5, 0.6) is 11.5 Å². The van der Waals surface area contributed by atoms with Crippen molar-refractivity contribution in [2.75, 3.05) is 13.2 Å². The maximum Gasteiger partial charge on any atom is 0.303 e. The minimum Gasteiger partial charge on any atom is -0.486 e. The van der Waals surface area contributed by atoms with E-state index < -0.39 is 5.97 Å². The van der Waals surface area contributed by atoms with Crippen LogP contribution >= 0.6 is 11.6 Å². The minimum absolute atomic E-state index is 0.0558. The summed E-state index contributed by atoms with van der Waals surface area (Å²) in [4.78, 5) is 10.6. The number of benzene rings is 1. The Balaban J connectivity index is 2.35. The van der Waals surface area contributed by atoms with Crippen LogP contribution in [-0.2, 0) is 11.2 Å². The highest BCUT2D eigenvalue weighted by Crippen LogP contribution is 2.39. The van der Waals surface area contributed by atoms with E-state index in [9.17, 15) is 4.79 Å². The number of carboxylic acid groups (broad SMARTS) is 1. The Labute approximate surface area is 104 Å². The fourth-order valence-corrected chi connectivity index (χ4v) is 2.22. The third-order valence-electron chi connectivity index (χ3n) is 2.74. The van der Waals surface area contributed by atoms with Gasteiger partial charge in [-0.2, -0.15) is 0 Å². The van der Waals surface area contributed by atoms with Gasteiger partial charge in [0.25, 0.3) is 0 Å². The second-order valence-electron chi connectivity index (χ2n) is 3.88. The Morgan fingerprint density at radius 3 is 2.88 bits per heavy atom. The summed E-state index contributed by atoms with van der Waals surface area (Å²) in [5, 5.41) is 9.23. The van der Waals surface area contributed by atoms with Gasteiger partial charge in [-0.3, -0.25) is 4.79 Å². The van der Waals surface area contributed by atoms with Crippen LogP contribution < -0.4 is 9.47 Å². The van der Waals surface area contributed by atoms with Crippen LogP contribution in [0.1, 0.15) is 17.5 Å². The van der Waals surface area contributed by atoms with E-state index in [1.54, 1.807) is 6.07 Å². The summed E-state index contributed by atoms with van der Waals surface area (Å²) in [5.41, 5.74) is 1.69. The Bertz CT molecular complexity index is 456. The standard InChI is InChI=1S/C12H13ClO4/c1-7-8(2-3-11(14)15)9(13)6-10-12(7)17-5-4-16-10/h6H,2-5H2,1H3,(H,14,15). The van der Waals surface area contributed by atoms with E-state index in [0.29, 0.717) is 36.2 Å². The van der Waals surface area contributed by atoms with Crippen molar-refractivity contribution in [1.82, 2.24) is 0 Å². The summed E-state index contributed by atoms with van der Waals surface area (Å²) >= 11 is 6.12. The van der Waals surface area contributed by atoms with Crippen molar-refractivity contribution in [1.29, 1.82) is 0 Å². The molecule has 2 rings (SSSR count). The van der Waals surface area contributed by atoms with Gasteiger partial charge in [-0.15, -0.1) is 0 Å². The highest BCUT2D eigenvalue weighted by Gasteiger charge is 2.19. The molecule has 1 aromatic carbocycles. The fourth-order valence-electron chi connectivity index (χ4n) is 1.89. The van der Waals surface area contributed by atoms with Crippen LogP contribution in [0.2, 0.25) is 5.02 Å². The topological polar surface area (TPSA) is 55.8 Å².